The number of esters is 2. The van der Waals surface area contributed by atoms with Crippen molar-refractivity contribution in [2.45, 2.75) is 51.3 Å². The fourth-order valence-electron chi connectivity index (χ4n) is 3.90. The lowest BCUT2D eigenvalue weighted by molar-refractivity contribution is -0.154. The Labute approximate surface area is 177 Å². The molecule has 4 nitrogen and oxygen atoms in total. The molecule has 2 unspecified atom stereocenters. The van der Waals surface area contributed by atoms with Gasteiger partial charge >= 0.3 is 11.9 Å². The van der Waals surface area contributed by atoms with Gasteiger partial charge in [-0.2, -0.15) is 0 Å². The first-order valence-corrected chi connectivity index (χ1v) is 12.2. The van der Waals surface area contributed by atoms with Gasteiger partial charge in [0.2, 0.25) is 0 Å². The second kappa shape index (κ2) is 10.1. The molecular weight excluding hydrogens is 384 g/mol. The third-order valence-electron chi connectivity index (χ3n) is 5.50. The highest BCUT2D eigenvalue weighted by Gasteiger charge is 2.38. The normalized spacial score (nSPS) is 14.4. The van der Waals surface area contributed by atoms with Crippen LogP contribution in [0.5, 0.6) is 5.75 Å². The van der Waals surface area contributed by atoms with Gasteiger partial charge in [0.25, 0.3) is 0 Å². The van der Waals surface area contributed by atoms with Crippen molar-refractivity contribution in [3.63, 3.8) is 0 Å². The molecule has 2 aromatic rings. The van der Waals surface area contributed by atoms with Gasteiger partial charge < -0.3 is 9.47 Å². The zero-order chi connectivity index (χ0) is 21.6. The van der Waals surface area contributed by atoms with E-state index in [-0.39, 0.29) is 28.8 Å². The second-order valence-corrected chi connectivity index (χ2v) is 10.0. The van der Waals surface area contributed by atoms with Gasteiger partial charge in [-0.1, -0.05) is 38.5 Å². The molecule has 0 bridgehead atoms. The lowest BCUT2D eigenvalue weighted by Crippen LogP contribution is -2.34. The van der Waals surface area contributed by atoms with Gasteiger partial charge in [-0.3, -0.25) is 9.59 Å². The van der Waals surface area contributed by atoms with Crippen molar-refractivity contribution in [1.29, 1.82) is 0 Å². The fourth-order valence-corrected chi connectivity index (χ4v) is 4.86. The molecule has 0 N–H and O–H groups in total. The Hall–Kier alpha value is -2.01. The highest BCUT2D eigenvalue weighted by Crippen LogP contribution is 2.36. The lowest BCUT2D eigenvalue weighted by Gasteiger charge is -2.29. The van der Waals surface area contributed by atoms with Crippen molar-refractivity contribution in [3.05, 3.63) is 36.4 Å². The number of methoxy groups -OCH3 is 1. The van der Waals surface area contributed by atoms with Crippen LogP contribution in [-0.4, -0.2) is 31.6 Å². The van der Waals surface area contributed by atoms with Crippen molar-refractivity contribution >= 4 is 33.6 Å². The summed E-state index contributed by atoms with van der Waals surface area (Å²) in [5.74, 6) is -0.341. The minimum absolute atomic E-state index is 0.101. The van der Waals surface area contributed by atoms with Crippen LogP contribution in [0.3, 0.4) is 0 Å². The average molecular weight is 418 g/mol. The van der Waals surface area contributed by atoms with Gasteiger partial charge in [0, 0.05) is 21.7 Å². The first-order chi connectivity index (χ1) is 13.8. The van der Waals surface area contributed by atoms with Crippen LogP contribution in [0.1, 0.15) is 46.5 Å². The Bertz CT molecular complexity index is 861. The first-order valence-electron chi connectivity index (χ1n) is 10.2. The number of carbonyl (C=O) groups excluding carboxylic acids is 2. The summed E-state index contributed by atoms with van der Waals surface area (Å²) in [7, 11) is 1.50. The third-order valence-corrected chi connectivity index (χ3v) is 6.73. The molecule has 0 saturated heterocycles. The molecule has 0 aromatic heterocycles. The Kier molecular flexibility index (Phi) is 8.14. The van der Waals surface area contributed by atoms with E-state index in [4.69, 9.17) is 9.47 Å². The van der Waals surface area contributed by atoms with Gasteiger partial charge in [-0.25, -0.2) is 0 Å². The van der Waals surface area contributed by atoms with Crippen molar-refractivity contribution in [3.8, 4) is 5.75 Å². The smallest absolute Gasteiger partial charge is 0.314 e. The topological polar surface area (TPSA) is 52.6 Å². The van der Waals surface area contributed by atoms with Gasteiger partial charge in [-0.05, 0) is 44.4 Å². The minimum Gasteiger partial charge on any atom is -0.469 e. The van der Waals surface area contributed by atoms with Crippen LogP contribution in [0.15, 0.2) is 41.3 Å². The van der Waals surface area contributed by atoms with E-state index in [1.807, 2.05) is 51.1 Å². The van der Waals surface area contributed by atoms with E-state index in [2.05, 4.69) is 18.6 Å². The summed E-state index contributed by atoms with van der Waals surface area (Å²) in [6.07, 6.45) is 6.92. The Balaban J connectivity index is 2.30. The molecule has 0 aliphatic rings. The van der Waals surface area contributed by atoms with Crippen LogP contribution in [0.2, 0.25) is 0 Å². The minimum atomic E-state index is -0.687. The molecular formula is C24H33O4S+. The molecule has 0 amide bonds. The first kappa shape index (κ1) is 23.3. The molecule has 5 heteroatoms. The fraction of sp³-hybridized carbons (Fsp3) is 0.500. The van der Waals surface area contributed by atoms with Crippen LogP contribution < -0.4 is 4.74 Å². The van der Waals surface area contributed by atoms with Gasteiger partial charge in [0.15, 0.2) is 4.90 Å². The van der Waals surface area contributed by atoms with E-state index in [1.165, 1.54) is 12.0 Å². The highest BCUT2D eigenvalue weighted by molar-refractivity contribution is 7.95. The van der Waals surface area contributed by atoms with Crippen LogP contribution in [0, 0.1) is 11.3 Å². The van der Waals surface area contributed by atoms with Crippen molar-refractivity contribution in [2.75, 3.05) is 19.6 Å². The number of hydrogen-bond donors (Lipinski definition) is 0. The number of benzene rings is 2. The largest absolute Gasteiger partial charge is 0.469 e. The number of hydrogen-bond acceptors (Lipinski definition) is 4. The van der Waals surface area contributed by atoms with Crippen molar-refractivity contribution in [2.24, 2.45) is 11.3 Å². The Morgan fingerprint density at radius 2 is 1.72 bits per heavy atom. The molecule has 0 saturated carbocycles. The van der Waals surface area contributed by atoms with Crippen molar-refractivity contribution < 1.29 is 19.1 Å². The third kappa shape index (κ3) is 5.33. The Morgan fingerprint density at radius 1 is 1.07 bits per heavy atom. The van der Waals surface area contributed by atoms with E-state index in [1.54, 1.807) is 0 Å². The molecule has 158 valence electrons. The highest BCUT2D eigenvalue weighted by atomic mass is 32.2. The number of rotatable bonds is 9. The van der Waals surface area contributed by atoms with Gasteiger partial charge in [0.05, 0.1) is 18.4 Å². The summed E-state index contributed by atoms with van der Waals surface area (Å²) >= 11 is 0. The molecule has 0 radical (unpaired) electrons. The SMILES string of the molecule is CCCC(C)(CC(CC)C(=O)Oc1ccc([S+](C)C)c2ccccc12)C(=O)OC. The van der Waals surface area contributed by atoms with Crippen LogP contribution in [0.25, 0.3) is 10.8 Å². The standard InChI is InChI=1S/C24H33O4S/c1-7-15-24(3,23(26)27-4)16-17(8-2)22(25)28-20-13-14-21(29(5)6)19-12-10-9-11-18(19)20/h9-14,17H,7-8,15-16H2,1-6H3/q+1. The summed E-state index contributed by atoms with van der Waals surface area (Å²) in [4.78, 5) is 26.6. The molecule has 29 heavy (non-hydrogen) atoms. The van der Waals surface area contributed by atoms with E-state index < -0.39 is 5.41 Å². The monoisotopic (exact) mass is 417 g/mol. The maximum Gasteiger partial charge on any atom is 0.314 e. The van der Waals surface area contributed by atoms with E-state index in [0.29, 0.717) is 25.0 Å². The number of ether oxygens (including phenoxy) is 2. The lowest BCUT2D eigenvalue weighted by atomic mass is 9.76. The van der Waals surface area contributed by atoms with E-state index in [0.717, 1.165) is 17.2 Å². The Morgan fingerprint density at radius 3 is 2.28 bits per heavy atom. The molecule has 0 spiro atoms. The summed E-state index contributed by atoms with van der Waals surface area (Å²) < 4.78 is 10.9. The number of carbonyl (C=O) groups is 2. The molecule has 2 rings (SSSR count). The summed E-state index contributed by atoms with van der Waals surface area (Å²) in [6.45, 7) is 5.87. The maximum atomic E-state index is 13.0. The zero-order valence-electron chi connectivity index (χ0n) is 18.4. The van der Waals surface area contributed by atoms with E-state index >= 15 is 0 Å². The van der Waals surface area contributed by atoms with Crippen LogP contribution >= 0.6 is 0 Å². The predicted octanol–water partition coefficient (Wildman–Crippen LogP) is 5.38. The van der Waals surface area contributed by atoms with E-state index in [9.17, 15) is 9.59 Å². The average Bonchev–Trinajstić information content (AvgIpc) is 2.71. The zero-order valence-corrected chi connectivity index (χ0v) is 19.2. The second-order valence-electron chi connectivity index (χ2n) is 7.96. The van der Waals surface area contributed by atoms with Crippen LogP contribution in [0.4, 0.5) is 0 Å². The van der Waals surface area contributed by atoms with Crippen LogP contribution in [-0.2, 0) is 25.2 Å². The summed E-state index contributed by atoms with van der Waals surface area (Å²) in [6, 6.07) is 12.0. The predicted molar refractivity (Wildman–Crippen MR) is 120 cm³/mol. The molecule has 2 atom stereocenters. The van der Waals surface area contributed by atoms with Gasteiger partial charge in [0.1, 0.15) is 18.3 Å². The molecule has 2 aromatic carbocycles. The molecule has 0 aliphatic carbocycles. The van der Waals surface area contributed by atoms with Crippen molar-refractivity contribution in [1.82, 2.24) is 0 Å². The number of fused-ring (bicyclic) bond motifs is 1. The maximum absolute atomic E-state index is 13.0. The molecule has 0 heterocycles. The molecule has 0 aliphatic heterocycles. The summed E-state index contributed by atoms with van der Waals surface area (Å²) in [5, 5.41) is 2.06. The quantitative estimate of drug-likeness (QED) is 0.312. The molecule has 0 fully saturated rings. The summed E-state index contributed by atoms with van der Waals surface area (Å²) in [5.41, 5.74) is -0.687. The van der Waals surface area contributed by atoms with Gasteiger partial charge in [-0.15, -0.1) is 0 Å².